The lowest BCUT2D eigenvalue weighted by Crippen LogP contribution is -2.48. The minimum Gasteiger partial charge on any atom is -0.486 e. The van der Waals surface area contributed by atoms with Crippen LogP contribution >= 0.6 is 0 Å². The van der Waals surface area contributed by atoms with Gasteiger partial charge in [0.25, 0.3) is 0 Å². The van der Waals surface area contributed by atoms with E-state index in [0.717, 1.165) is 30.8 Å². The van der Waals surface area contributed by atoms with Crippen LogP contribution in [0.4, 0.5) is 5.69 Å². The van der Waals surface area contributed by atoms with Gasteiger partial charge in [-0.05, 0) is 36.2 Å². The molecule has 0 unspecified atom stereocenters. The standard InChI is InChI=1S/C22H26N2O5/c1-15(25)23-17-7-5-16(6-8-17)13-24-10-9-19(18(26)14-24)29-21-4-2-3-20-22(21)28-12-11-27-20/h2-8,18-19,26H,9-14H2,1H3,(H,23,25)/t18-,19-/m1/s1. The molecular formula is C22H26N2O5. The number of amides is 1. The van der Waals surface area contributed by atoms with Crippen molar-refractivity contribution >= 4 is 11.6 Å². The highest BCUT2D eigenvalue weighted by molar-refractivity contribution is 5.88. The molecule has 0 aromatic heterocycles. The number of hydrogen-bond donors (Lipinski definition) is 2. The number of anilines is 1. The van der Waals surface area contributed by atoms with Crippen LogP contribution in [-0.2, 0) is 11.3 Å². The van der Waals surface area contributed by atoms with Gasteiger partial charge < -0.3 is 24.6 Å². The summed E-state index contributed by atoms with van der Waals surface area (Å²) in [5, 5.41) is 13.4. The van der Waals surface area contributed by atoms with E-state index >= 15 is 0 Å². The summed E-state index contributed by atoms with van der Waals surface area (Å²) in [5.74, 6) is 1.84. The number of β-amino-alcohol motifs (C(OH)–C–C–N with tert-alkyl or cyclic N) is 1. The van der Waals surface area contributed by atoms with Crippen LogP contribution in [0.2, 0.25) is 0 Å². The van der Waals surface area contributed by atoms with E-state index in [9.17, 15) is 9.90 Å². The lowest BCUT2D eigenvalue weighted by Gasteiger charge is -2.36. The molecule has 2 aromatic rings. The number of nitrogens with one attached hydrogen (secondary N) is 1. The van der Waals surface area contributed by atoms with Crippen LogP contribution in [-0.4, -0.2) is 54.4 Å². The van der Waals surface area contributed by atoms with Gasteiger partial charge in [-0.15, -0.1) is 0 Å². The van der Waals surface area contributed by atoms with Crippen LogP contribution in [0.1, 0.15) is 18.9 Å². The van der Waals surface area contributed by atoms with Gasteiger partial charge in [-0.1, -0.05) is 18.2 Å². The number of nitrogens with zero attached hydrogens (tertiary/aromatic N) is 1. The number of fused-ring (bicyclic) bond motifs is 1. The van der Waals surface area contributed by atoms with Gasteiger partial charge in [-0.25, -0.2) is 0 Å². The monoisotopic (exact) mass is 398 g/mol. The first-order valence-electron chi connectivity index (χ1n) is 9.91. The van der Waals surface area contributed by atoms with E-state index < -0.39 is 6.10 Å². The summed E-state index contributed by atoms with van der Waals surface area (Å²) in [4.78, 5) is 13.3. The van der Waals surface area contributed by atoms with Crippen molar-refractivity contribution in [2.24, 2.45) is 0 Å². The van der Waals surface area contributed by atoms with E-state index in [1.54, 1.807) is 0 Å². The topological polar surface area (TPSA) is 80.3 Å². The van der Waals surface area contributed by atoms with E-state index in [2.05, 4.69) is 10.2 Å². The zero-order valence-corrected chi connectivity index (χ0v) is 16.5. The van der Waals surface area contributed by atoms with E-state index in [1.807, 2.05) is 42.5 Å². The van der Waals surface area contributed by atoms with Gasteiger partial charge in [0.1, 0.15) is 25.4 Å². The maximum atomic E-state index is 11.1. The van der Waals surface area contributed by atoms with Crippen molar-refractivity contribution in [1.29, 1.82) is 0 Å². The van der Waals surface area contributed by atoms with Crippen molar-refractivity contribution in [2.45, 2.75) is 32.1 Å². The summed E-state index contributed by atoms with van der Waals surface area (Å²) in [6.07, 6.45) is -0.163. The van der Waals surface area contributed by atoms with Gasteiger partial charge in [0.2, 0.25) is 11.7 Å². The van der Waals surface area contributed by atoms with Crippen molar-refractivity contribution in [1.82, 2.24) is 4.90 Å². The Morgan fingerprint density at radius 1 is 1.21 bits per heavy atom. The zero-order valence-electron chi connectivity index (χ0n) is 16.5. The molecule has 154 valence electrons. The number of rotatable bonds is 5. The molecule has 1 amide bonds. The molecule has 1 saturated heterocycles. The highest BCUT2D eigenvalue weighted by atomic mass is 16.6. The van der Waals surface area contributed by atoms with Crippen LogP contribution < -0.4 is 19.5 Å². The number of aliphatic hydroxyl groups excluding tert-OH is 1. The highest BCUT2D eigenvalue weighted by Crippen LogP contribution is 2.40. The summed E-state index contributed by atoms with van der Waals surface area (Å²) < 4.78 is 17.4. The van der Waals surface area contributed by atoms with Crippen LogP contribution in [0.15, 0.2) is 42.5 Å². The maximum Gasteiger partial charge on any atom is 0.221 e. The molecule has 2 heterocycles. The maximum absolute atomic E-state index is 11.1. The summed E-state index contributed by atoms with van der Waals surface area (Å²) in [6, 6.07) is 13.4. The van der Waals surface area contributed by atoms with E-state index in [1.165, 1.54) is 6.92 Å². The van der Waals surface area contributed by atoms with Gasteiger partial charge in [0.15, 0.2) is 11.5 Å². The fourth-order valence-corrected chi connectivity index (χ4v) is 3.71. The lowest BCUT2D eigenvalue weighted by molar-refractivity contribution is -0.114. The number of carbonyl (C=O) groups excluding carboxylic acids is 1. The molecular weight excluding hydrogens is 372 g/mol. The molecule has 0 bridgehead atoms. The Morgan fingerprint density at radius 3 is 2.76 bits per heavy atom. The summed E-state index contributed by atoms with van der Waals surface area (Å²) in [5.41, 5.74) is 1.92. The largest absolute Gasteiger partial charge is 0.486 e. The Labute approximate surface area is 170 Å². The van der Waals surface area contributed by atoms with Crippen LogP contribution in [0, 0.1) is 0 Å². The van der Waals surface area contributed by atoms with Gasteiger partial charge in [-0.3, -0.25) is 9.69 Å². The highest BCUT2D eigenvalue weighted by Gasteiger charge is 2.30. The SMILES string of the molecule is CC(=O)Nc1ccc(CN2CC[C@@H](Oc3cccc4c3OCCO4)[C@H](O)C2)cc1. The molecule has 0 radical (unpaired) electrons. The molecule has 7 nitrogen and oxygen atoms in total. The molecule has 0 spiro atoms. The molecule has 2 aliphatic rings. The predicted molar refractivity (Wildman–Crippen MR) is 108 cm³/mol. The van der Waals surface area contributed by atoms with Gasteiger partial charge in [0, 0.05) is 32.2 Å². The minimum absolute atomic E-state index is 0.0837. The number of benzene rings is 2. The zero-order chi connectivity index (χ0) is 20.2. The van der Waals surface area contributed by atoms with Crippen LogP contribution in [0.25, 0.3) is 0 Å². The molecule has 2 atom stereocenters. The molecule has 0 saturated carbocycles. The van der Waals surface area contributed by atoms with Crippen molar-refractivity contribution in [3.63, 3.8) is 0 Å². The van der Waals surface area contributed by atoms with Crippen molar-refractivity contribution in [3.05, 3.63) is 48.0 Å². The first-order chi connectivity index (χ1) is 14.1. The number of likely N-dealkylation sites (tertiary alicyclic amines) is 1. The molecule has 2 aliphatic heterocycles. The second-order valence-corrected chi connectivity index (χ2v) is 7.41. The van der Waals surface area contributed by atoms with Crippen molar-refractivity contribution < 1.29 is 24.1 Å². The van der Waals surface area contributed by atoms with E-state index in [-0.39, 0.29) is 12.0 Å². The van der Waals surface area contributed by atoms with E-state index in [4.69, 9.17) is 14.2 Å². The van der Waals surface area contributed by atoms with Gasteiger partial charge in [-0.2, -0.15) is 0 Å². The third-order valence-electron chi connectivity index (χ3n) is 5.09. The smallest absolute Gasteiger partial charge is 0.221 e. The molecule has 2 aromatic carbocycles. The summed E-state index contributed by atoms with van der Waals surface area (Å²) in [7, 11) is 0. The third-order valence-corrected chi connectivity index (χ3v) is 5.09. The molecule has 29 heavy (non-hydrogen) atoms. The van der Waals surface area contributed by atoms with Crippen LogP contribution in [0.3, 0.4) is 0 Å². The fraction of sp³-hybridized carbons (Fsp3) is 0.409. The molecule has 1 fully saturated rings. The number of hydrogen-bond acceptors (Lipinski definition) is 6. The minimum atomic E-state index is -0.595. The molecule has 2 N–H and O–H groups in total. The van der Waals surface area contributed by atoms with Gasteiger partial charge >= 0.3 is 0 Å². The Balaban J connectivity index is 1.33. The second-order valence-electron chi connectivity index (χ2n) is 7.41. The fourth-order valence-electron chi connectivity index (χ4n) is 3.71. The number of para-hydroxylation sites is 1. The number of aliphatic hydroxyl groups is 1. The predicted octanol–water partition coefficient (Wildman–Crippen LogP) is 2.43. The summed E-state index contributed by atoms with van der Waals surface area (Å²) in [6.45, 7) is 4.61. The van der Waals surface area contributed by atoms with E-state index in [0.29, 0.717) is 37.0 Å². The normalized spacial score (nSPS) is 21.4. The lowest BCUT2D eigenvalue weighted by atomic mass is 10.0. The second kappa shape index (κ2) is 8.71. The average Bonchev–Trinajstić information content (AvgIpc) is 2.71. The Morgan fingerprint density at radius 2 is 2.00 bits per heavy atom. The average molecular weight is 398 g/mol. The Bertz CT molecular complexity index is 855. The third kappa shape index (κ3) is 4.81. The number of ether oxygens (including phenoxy) is 3. The molecule has 4 rings (SSSR count). The molecule has 7 heteroatoms. The Kier molecular flexibility index (Phi) is 5.87. The molecule has 0 aliphatic carbocycles. The first-order valence-corrected chi connectivity index (χ1v) is 9.91. The number of piperidine rings is 1. The summed E-state index contributed by atoms with van der Waals surface area (Å²) >= 11 is 0. The Hall–Kier alpha value is -2.77. The number of carbonyl (C=O) groups is 1. The first kappa shape index (κ1) is 19.5. The van der Waals surface area contributed by atoms with Crippen molar-refractivity contribution in [2.75, 3.05) is 31.6 Å². The van der Waals surface area contributed by atoms with Crippen LogP contribution in [0.5, 0.6) is 17.2 Å². The van der Waals surface area contributed by atoms with Crippen molar-refractivity contribution in [3.8, 4) is 17.2 Å². The van der Waals surface area contributed by atoms with Gasteiger partial charge in [0.05, 0.1) is 0 Å². The quantitative estimate of drug-likeness (QED) is 0.805.